The van der Waals surface area contributed by atoms with E-state index in [1.165, 1.54) is 16.3 Å². The van der Waals surface area contributed by atoms with E-state index in [9.17, 15) is 4.79 Å². The van der Waals surface area contributed by atoms with Crippen LogP contribution in [0.15, 0.2) is 5.16 Å². The van der Waals surface area contributed by atoms with Crippen molar-refractivity contribution in [1.82, 2.24) is 14.5 Å². The molecule has 30 heavy (non-hydrogen) atoms. The normalized spacial score (nSPS) is 12.4. The third-order valence-corrected chi connectivity index (χ3v) is 6.31. The molecule has 0 spiro atoms. The van der Waals surface area contributed by atoms with Crippen LogP contribution in [0, 0.1) is 5.82 Å². The van der Waals surface area contributed by atoms with Gasteiger partial charge in [-0.3, -0.25) is 0 Å². The third kappa shape index (κ3) is 6.18. The molecule has 0 saturated heterocycles. The van der Waals surface area contributed by atoms with E-state index in [1.807, 2.05) is 20.8 Å². The predicted molar refractivity (Wildman–Crippen MR) is 120 cm³/mol. The molecule has 0 atom stereocenters. The summed E-state index contributed by atoms with van der Waals surface area (Å²) in [6.07, 6.45) is 1.79. The topological polar surface area (TPSA) is 75.5 Å². The Hall–Kier alpha value is -1.65. The zero-order valence-corrected chi connectivity index (χ0v) is 20.9. The second-order valence-corrected chi connectivity index (χ2v) is 15.5. The number of esters is 1. The van der Waals surface area contributed by atoms with Crippen LogP contribution in [0.3, 0.4) is 0 Å². The molecule has 10 heteroatoms. The molecule has 0 radical (unpaired) electrons. The molecule has 0 N–H and O–H groups in total. The minimum absolute atomic E-state index is 0.0189. The van der Waals surface area contributed by atoms with E-state index in [2.05, 4.69) is 29.6 Å². The SMILES string of the molecule is CCOC(=O)c1c(F)c2nc(SC)nc(OC(C)(C)C)c2n1COCC[Si](C)(C)C. The molecule has 2 rings (SSSR count). The highest BCUT2D eigenvalue weighted by Crippen LogP contribution is 2.33. The number of ether oxygens (including phenoxy) is 3. The average Bonchev–Trinajstić information content (AvgIpc) is 2.89. The van der Waals surface area contributed by atoms with Crippen LogP contribution in [0.2, 0.25) is 25.7 Å². The zero-order chi connectivity index (χ0) is 22.7. The highest BCUT2D eigenvalue weighted by atomic mass is 32.2. The Morgan fingerprint density at radius 1 is 1.23 bits per heavy atom. The standard InChI is InChI=1S/C20H32FN3O4SSi/c1-9-27-18(25)15-13(21)14-16(24(15)12-26-10-11-30(6,7)8)17(28-20(2,3)4)23-19(22-14)29-5/h9-12H2,1-8H3. The van der Waals surface area contributed by atoms with Crippen LogP contribution in [0.5, 0.6) is 5.88 Å². The average molecular weight is 458 g/mol. The third-order valence-electron chi connectivity index (χ3n) is 4.06. The molecule has 0 bridgehead atoms. The largest absolute Gasteiger partial charge is 0.470 e. The summed E-state index contributed by atoms with van der Waals surface area (Å²) in [7, 11) is -1.30. The fourth-order valence-corrected chi connectivity index (χ4v) is 3.78. The van der Waals surface area contributed by atoms with Gasteiger partial charge in [0.15, 0.2) is 16.7 Å². The van der Waals surface area contributed by atoms with E-state index < -0.39 is 25.5 Å². The lowest BCUT2D eigenvalue weighted by molar-refractivity contribution is 0.0469. The van der Waals surface area contributed by atoms with Crippen molar-refractivity contribution in [3.05, 3.63) is 11.5 Å². The summed E-state index contributed by atoms with van der Waals surface area (Å²) in [5.74, 6) is -1.32. The van der Waals surface area contributed by atoms with Crippen LogP contribution in [0.25, 0.3) is 11.0 Å². The van der Waals surface area contributed by atoms with E-state index in [4.69, 9.17) is 14.2 Å². The van der Waals surface area contributed by atoms with Crippen LogP contribution >= 0.6 is 11.8 Å². The van der Waals surface area contributed by atoms with Crippen LogP contribution in [-0.4, -0.2) is 53.6 Å². The van der Waals surface area contributed by atoms with Crippen molar-refractivity contribution in [1.29, 1.82) is 0 Å². The number of aromatic nitrogens is 3. The molecule has 0 aliphatic carbocycles. The van der Waals surface area contributed by atoms with Gasteiger partial charge in [0.2, 0.25) is 5.88 Å². The van der Waals surface area contributed by atoms with E-state index in [0.29, 0.717) is 11.8 Å². The van der Waals surface area contributed by atoms with Gasteiger partial charge in [0.05, 0.1) is 6.61 Å². The predicted octanol–water partition coefficient (Wildman–Crippen LogP) is 4.96. The maximum absolute atomic E-state index is 15.4. The Labute approximate surface area is 182 Å². The maximum atomic E-state index is 15.4. The monoisotopic (exact) mass is 457 g/mol. The zero-order valence-electron chi connectivity index (χ0n) is 19.1. The number of thioether (sulfide) groups is 1. The first-order chi connectivity index (χ1) is 13.9. The van der Waals surface area contributed by atoms with Gasteiger partial charge in [-0.15, -0.1) is 0 Å². The first kappa shape index (κ1) is 24.6. The molecule has 0 aliphatic rings. The number of hydrogen-bond donors (Lipinski definition) is 0. The summed E-state index contributed by atoms with van der Waals surface area (Å²) in [6, 6.07) is 0.946. The van der Waals surface area contributed by atoms with Crippen molar-refractivity contribution in [2.24, 2.45) is 0 Å². The Morgan fingerprint density at radius 2 is 1.90 bits per heavy atom. The quantitative estimate of drug-likeness (QED) is 0.173. The van der Waals surface area contributed by atoms with Crippen LogP contribution < -0.4 is 4.74 Å². The van der Waals surface area contributed by atoms with E-state index in [-0.39, 0.29) is 35.9 Å². The Kier molecular flexibility index (Phi) is 7.92. The second kappa shape index (κ2) is 9.65. The molecule has 0 unspecified atom stereocenters. The fourth-order valence-electron chi connectivity index (χ4n) is 2.67. The van der Waals surface area contributed by atoms with E-state index in [1.54, 1.807) is 13.2 Å². The maximum Gasteiger partial charge on any atom is 0.358 e. The minimum atomic E-state index is -1.30. The molecule has 7 nitrogen and oxygen atoms in total. The Morgan fingerprint density at radius 3 is 2.43 bits per heavy atom. The first-order valence-corrected chi connectivity index (χ1v) is 14.9. The molecule has 0 amide bonds. The molecular formula is C20H32FN3O4SSi. The number of carbonyl (C=O) groups is 1. The molecular weight excluding hydrogens is 425 g/mol. The van der Waals surface area contributed by atoms with Gasteiger partial charge >= 0.3 is 5.97 Å². The lowest BCUT2D eigenvalue weighted by Gasteiger charge is -2.22. The molecule has 0 fully saturated rings. The van der Waals surface area contributed by atoms with Crippen molar-refractivity contribution >= 4 is 36.8 Å². The van der Waals surface area contributed by atoms with Crippen molar-refractivity contribution < 1.29 is 23.4 Å². The number of rotatable bonds is 9. The van der Waals surface area contributed by atoms with Gasteiger partial charge in [0.1, 0.15) is 23.4 Å². The molecule has 2 heterocycles. The first-order valence-electron chi connectivity index (χ1n) is 9.95. The van der Waals surface area contributed by atoms with Gasteiger partial charge in [-0.1, -0.05) is 31.4 Å². The van der Waals surface area contributed by atoms with Crippen molar-refractivity contribution in [3.63, 3.8) is 0 Å². The van der Waals surface area contributed by atoms with Crippen LogP contribution in [0.1, 0.15) is 38.2 Å². The van der Waals surface area contributed by atoms with Gasteiger partial charge in [-0.05, 0) is 40.0 Å². The molecule has 2 aromatic heterocycles. The molecule has 0 aromatic carbocycles. The highest BCUT2D eigenvalue weighted by Gasteiger charge is 2.30. The second-order valence-electron chi connectivity index (χ2n) is 9.09. The lowest BCUT2D eigenvalue weighted by atomic mass is 10.2. The summed E-state index contributed by atoms with van der Waals surface area (Å²) in [6.45, 7) is 14.7. The smallest absolute Gasteiger partial charge is 0.358 e. The van der Waals surface area contributed by atoms with Crippen molar-refractivity contribution in [2.45, 2.75) is 70.9 Å². The van der Waals surface area contributed by atoms with Gasteiger partial charge in [0.25, 0.3) is 0 Å². The summed E-state index contributed by atoms with van der Waals surface area (Å²) in [5, 5.41) is 0.354. The summed E-state index contributed by atoms with van der Waals surface area (Å²) < 4.78 is 33.7. The van der Waals surface area contributed by atoms with Crippen molar-refractivity contribution in [2.75, 3.05) is 19.5 Å². The number of halogens is 1. The number of fused-ring (bicyclic) bond motifs is 1. The van der Waals surface area contributed by atoms with Gasteiger partial charge in [-0.25, -0.2) is 14.2 Å². The van der Waals surface area contributed by atoms with E-state index >= 15 is 4.39 Å². The number of carbonyl (C=O) groups excluding carboxylic acids is 1. The summed E-state index contributed by atoms with van der Waals surface area (Å²) in [5.41, 5.74) is -0.501. The number of hydrogen-bond acceptors (Lipinski definition) is 7. The van der Waals surface area contributed by atoms with Gasteiger partial charge in [0, 0.05) is 14.7 Å². The van der Waals surface area contributed by atoms with Gasteiger partial charge < -0.3 is 18.8 Å². The molecule has 0 aliphatic heterocycles. The Balaban J connectivity index is 2.62. The lowest BCUT2D eigenvalue weighted by Crippen LogP contribution is -2.25. The Bertz CT molecular complexity index is 906. The van der Waals surface area contributed by atoms with Crippen molar-refractivity contribution in [3.8, 4) is 5.88 Å². The van der Waals surface area contributed by atoms with E-state index in [0.717, 1.165) is 6.04 Å². The molecule has 0 saturated carbocycles. The van der Waals surface area contributed by atoms with Gasteiger partial charge in [-0.2, -0.15) is 4.98 Å². The number of nitrogens with zero attached hydrogens (tertiary/aromatic N) is 3. The fraction of sp³-hybridized carbons (Fsp3) is 0.650. The minimum Gasteiger partial charge on any atom is -0.470 e. The summed E-state index contributed by atoms with van der Waals surface area (Å²) >= 11 is 1.27. The van der Waals surface area contributed by atoms with Crippen LogP contribution in [-0.2, 0) is 16.2 Å². The summed E-state index contributed by atoms with van der Waals surface area (Å²) in [4.78, 5) is 21.3. The highest BCUT2D eigenvalue weighted by molar-refractivity contribution is 7.98. The van der Waals surface area contributed by atoms with Crippen LogP contribution in [0.4, 0.5) is 4.39 Å². The molecule has 168 valence electrons. The molecule has 2 aromatic rings.